The standard InChI is InChI=1S/C13H18N4O3S2/c1-4-8(2)14-12(18)15-9-5-6-10-11(7-9)21-13(16-10)17-22(3,19)20/h5-8H,4H2,1-3H3,(H,16,17)(H2,14,15,18). The lowest BCUT2D eigenvalue weighted by molar-refractivity contribution is 0.249. The van der Waals surface area contributed by atoms with Gasteiger partial charge in [0, 0.05) is 11.7 Å². The molecule has 2 amide bonds. The van der Waals surface area contributed by atoms with Crippen molar-refractivity contribution in [3.05, 3.63) is 18.2 Å². The first-order chi connectivity index (χ1) is 10.3. The lowest BCUT2D eigenvalue weighted by atomic mass is 10.2. The van der Waals surface area contributed by atoms with Crippen molar-refractivity contribution in [3.8, 4) is 0 Å². The Morgan fingerprint density at radius 2 is 2.14 bits per heavy atom. The van der Waals surface area contributed by atoms with Crippen LogP contribution in [0.5, 0.6) is 0 Å². The Hall–Kier alpha value is -1.87. The Labute approximate surface area is 133 Å². The van der Waals surface area contributed by atoms with E-state index in [0.29, 0.717) is 16.3 Å². The smallest absolute Gasteiger partial charge is 0.319 e. The van der Waals surface area contributed by atoms with E-state index in [-0.39, 0.29) is 12.1 Å². The van der Waals surface area contributed by atoms with Gasteiger partial charge in [-0.15, -0.1) is 0 Å². The van der Waals surface area contributed by atoms with Crippen LogP contribution in [0.15, 0.2) is 18.2 Å². The maximum absolute atomic E-state index is 11.8. The Morgan fingerprint density at radius 1 is 1.41 bits per heavy atom. The lowest BCUT2D eigenvalue weighted by Gasteiger charge is -2.12. The van der Waals surface area contributed by atoms with Crippen LogP contribution in [0, 0.1) is 0 Å². The minimum absolute atomic E-state index is 0.0951. The largest absolute Gasteiger partial charge is 0.335 e. The van der Waals surface area contributed by atoms with Crippen LogP contribution in [-0.4, -0.2) is 31.7 Å². The van der Waals surface area contributed by atoms with Crippen LogP contribution in [0.25, 0.3) is 10.2 Å². The summed E-state index contributed by atoms with van der Waals surface area (Å²) in [7, 11) is -3.35. The predicted molar refractivity (Wildman–Crippen MR) is 90.0 cm³/mol. The van der Waals surface area contributed by atoms with Crippen molar-refractivity contribution in [1.29, 1.82) is 0 Å². The summed E-state index contributed by atoms with van der Waals surface area (Å²) in [4.78, 5) is 16.0. The van der Waals surface area contributed by atoms with Gasteiger partial charge in [-0.05, 0) is 31.5 Å². The molecule has 0 fully saturated rings. The van der Waals surface area contributed by atoms with Gasteiger partial charge in [-0.3, -0.25) is 4.72 Å². The van der Waals surface area contributed by atoms with E-state index in [0.717, 1.165) is 17.4 Å². The Kier molecular flexibility index (Phi) is 4.87. The molecule has 0 radical (unpaired) electrons. The third-order valence-electron chi connectivity index (χ3n) is 2.91. The van der Waals surface area contributed by atoms with Crippen molar-refractivity contribution in [2.24, 2.45) is 0 Å². The normalized spacial score (nSPS) is 12.9. The summed E-state index contributed by atoms with van der Waals surface area (Å²) in [5, 5.41) is 5.86. The average molecular weight is 342 g/mol. The number of urea groups is 1. The molecule has 1 aromatic carbocycles. The van der Waals surface area contributed by atoms with Crippen molar-refractivity contribution in [3.63, 3.8) is 0 Å². The van der Waals surface area contributed by atoms with Crippen molar-refractivity contribution < 1.29 is 13.2 Å². The van der Waals surface area contributed by atoms with Crippen molar-refractivity contribution >= 4 is 48.4 Å². The fourth-order valence-corrected chi connectivity index (χ4v) is 3.44. The van der Waals surface area contributed by atoms with Gasteiger partial charge in [0.15, 0.2) is 5.13 Å². The number of carbonyl (C=O) groups is 1. The highest BCUT2D eigenvalue weighted by Gasteiger charge is 2.10. The quantitative estimate of drug-likeness (QED) is 0.777. The van der Waals surface area contributed by atoms with Crippen molar-refractivity contribution in [1.82, 2.24) is 10.3 Å². The van der Waals surface area contributed by atoms with E-state index >= 15 is 0 Å². The van der Waals surface area contributed by atoms with Crippen LogP contribution in [0.2, 0.25) is 0 Å². The molecule has 1 aromatic heterocycles. The van der Waals surface area contributed by atoms with E-state index in [4.69, 9.17) is 0 Å². The summed E-state index contributed by atoms with van der Waals surface area (Å²) in [6.07, 6.45) is 1.92. The Balaban J connectivity index is 2.15. The Bertz CT molecular complexity index is 786. The van der Waals surface area contributed by atoms with Crippen molar-refractivity contribution in [2.45, 2.75) is 26.3 Å². The van der Waals surface area contributed by atoms with Crippen LogP contribution in [0.4, 0.5) is 15.6 Å². The summed E-state index contributed by atoms with van der Waals surface area (Å²) < 4.78 is 25.6. The molecule has 0 saturated heterocycles. The fourth-order valence-electron chi connectivity index (χ4n) is 1.70. The molecule has 2 rings (SSSR count). The van der Waals surface area contributed by atoms with Gasteiger partial charge in [0.25, 0.3) is 0 Å². The first-order valence-electron chi connectivity index (χ1n) is 6.72. The van der Waals surface area contributed by atoms with Gasteiger partial charge in [0.1, 0.15) is 0 Å². The fraction of sp³-hybridized carbons (Fsp3) is 0.385. The molecule has 3 N–H and O–H groups in total. The molecule has 1 unspecified atom stereocenters. The van der Waals surface area contributed by atoms with Crippen LogP contribution < -0.4 is 15.4 Å². The molecule has 22 heavy (non-hydrogen) atoms. The van der Waals surface area contributed by atoms with E-state index in [1.54, 1.807) is 18.2 Å². The maximum atomic E-state index is 11.8. The summed E-state index contributed by atoms with van der Waals surface area (Å²) in [6.45, 7) is 3.92. The summed E-state index contributed by atoms with van der Waals surface area (Å²) in [5.74, 6) is 0. The molecule has 2 aromatic rings. The molecule has 0 saturated carbocycles. The Morgan fingerprint density at radius 3 is 2.77 bits per heavy atom. The second-order valence-electron chi connectivity index (χ2n) is 4.98. The number of thiazole rings is 1. The van der Waals surface area contributed by atoms with Gasteiger partial charge in [-0.2, -0.15) is 0 Å². The average Bonchev–Trinajstić information content (AvgIpc) is 2.77. The number of nitrogens with zero attached hydrogens (tertiary/aromatic N) is 1. The highest BCUT2D eigenvalue weighted by Crippen LogP contribution is 2.28. The highest BCUT2D eigenvalue weighted by atomic mass is 32.2. The number of sulfonamides is 1. The maximum Gasteiger partial charge on any atom is 0.319 e. The summed E-state index contributed by atoms with van der Waals surface area (Å²) in [5.41, 5.74) is 1.30. The number of amides is 2. The zero-order chi connectivity index (χ0) is 16.3. The molecule has 120 valence electrons. The van der Waals surface area contributed by atoms with E-state index in [1.807, 2.05) is 13.8 Å². The number of benzene rings is 1. The number of fused-ring (bicyclic) bond motifs is 1. The number of hydrogen-bond donors (Lipinski definition) is 3. The number of carbonyl (C=O) groups excluding carboxylic acids is 1. The first kappa shape index (κ1) is 16.5. The SMILES string of the molecule is CCC(C)NC(=O)Nc1ccc2nc(NS(C)(=O)=O)sc2c1. The lowest BCUT2D eigenvalue weighted by Crippen LogP contribution is -2.35. The zero-order valence-corrected chi connectivity index (χ0v) is 14.1. The van der Waals surface area contributed by atoms with Gasteiger partial charge in [0.05, 0.1) is 16.5 Å². The molecule has 0 bridgehead atoms. The zero-order valence-electron chi connectivity index (χ0n) is 12.5. The third-order valence-corrected chi connectivity index (χ3v) is 4.54. The van der Waals surface area contributed by atoms with Gasteiger partial charge in [-0.25, -0.2) is 18.2 Å². The van der Waals surface area contributed by atoms with Crippen LogP contribution in [0.3, 0.4) is 0 Å². The number of hydrogen-bond acceptors (Lipinski definition) is 5. The third kappa shape index (κ3) is 4.57. The van der Waals surface area contributed by atoms with Crippen LogP contribution in [0.1, 0.15) is 20.3 Å². The molecular weight excluding hydrogens is 324 g/mol. The second-order valence-corrected chi connectivity index (χ2v) is 7.76. The highest BCUT2D eigenvalue weighted by molar-refractivity contribution is 7.92. The second kappa shape index (κ2) is 6.49. The molecule has 1 heterocycles. The summed E-state index contributed by atoms with van der Waals surface area (Å²) in [6, 6.07) is 5.04. The van der Waals surface area contributed by atoms with Crippen LogP contribution >= 0.6 is 11.3 Å². The first-order valence-corrected chi connectivity index (χ1v) is 9.43. The van der Waals surface area contributed by atoms with E-state index in [9.17, 15) is 13.2 Å². The van der Waals surface area contributed by atoms with Gasteiger partial charge in [0.2, 0.25) is 10.0 Å². The predicted octanol–water partition coefficient (Wildman–Crippen LogP) is 2.59. The number of aromatic nitrogens is 1. The van der Waals surface area contributed by atoms with Crippen molar-refractivity contribution in [2.75, 3.05) is 16.3 Å². The summed E-state index contributed by atoms with van der Waals surface area (Å²) >= 11 is 1.21. The molecular formula is C13H18N4O3S2. The van der Waals surface area contributed by atoms with Gasteiger partial charge < -0.3 is 10.6 Å². The minimum Gasteiger partial charge on any atom is -0.335 e. The molecule has 7 nitrogen and oxygen atoms in total. The number of anilines is 2. The molecule has 0 aliphatic carbocycles. The van der Waals surface area contributed by atoms with E-state index < -0.39 is 10.0 Å². The van der Waals surface area contributed by atoms with E-state index in [2.05, 4.69) is 20.3 Å². The molecule has 0 spiro atoms. The van der Waals surface area contributed by atoms with Crippen LogP contribution in [-0.2, 0) is 10.0 Å². The van der Waals surface area contributed by atoms with Gasteiger partial charge >= 0.3 is 6.03 Å². The van der Waals surface area contributed by atoms with E-state index in [1.165, 1.54) is 11.3 Å². The minimum atomic E-state index is -3.35. The molecule has 9 heteroatoms. The number of nitrogens with one attached hydrogen (secondary N) is 3. The molecule has 1 atom stereocenters. The van der Waals surface area contributed by atoms with Gasteiger partial charge in [-0.1, -0.05) is 18.3 Å². The molecule has 0 aliphatic heterocycles. The molecule has 0 aliphatic rings. The number of rotatable bonds is 5. The topological polar surface area (TPSA) is 100 Å². The monoisotopic (exact) mass is 342 g/mol.